The molecule has 6 heteroatoms. The quantitative estimate of drug-likeness (QED) is 0.838. The second-order valence-corrected chi connectivity index (χ2v) is 7.22. The molecule has 0 unspecified atom stereocenters. The number of nitrogens with zero attached hydrogens (tertiary/aromatic N) is 1. The van der Waals surface area contributed by atoms with E-state index in [4.69, 9.17) is 4.42 Å². The van der Waals surface area contributed by atoms with E-state index in [2.05, 4.69) is 20.8 Å². The van der Waals surface area contributed by atoms with Crippen LogP contribution in [0.1, 0.15) is 29.9 Å². The summed E-state index contributed by atoms with van der Waals surface area (Å²) in [6, 6.07) is 9.01. The van der Waals surface area contributed by atoms with Crippen LogP contribution in [0, 0.1) is 6.92 Å². The number of aliphatic hydroxyl groups is 1. The van der Waals surface area contributed by atoms with Gasteiger partial charge in [-0.05, 0) is 37.5 Å². The topological polar surface area (TPSA) is 73.9 Å². The molecule has 0 radical (unpaired) electrons. The van der Waals surface area contributed by atoms with Crippen LogP contribution < -0.4 is 5.43 Å². The Hall–Kier alpha value is -1.63. The molecule has 0 saturated carbocycles. The summed E-state index contributed by atoms with van der Waals surface area (Å²) in [6.07, 6.45) is 1.18. The van der Waals surface area contributed by atoms with Crippen molar-refractivity contribution >= 4 is 15.9 Å². The zero-order chi connectivity index (χ0) is 17.3. The average molecular weight is 394 g/mol. The zero-order valence-electron chi connectivity index (χ0n) is 13.5. The summed E-state index contributed by atoms with van der Waals surface area (Å²) in [6.45, 7) is 3.36. The van der Waals surface area contributed by atoms with E-state index in [0.717, 1.165) is 10.0 Å². The second kappa shape index (κ2) is 6.70. The van der Waals surface area contributed by atoms with Gasteiger partial charge < -0.3 is 14.6 Å². The van der Waals surface area contributed by atoms with Crippen molar-refractivity contribution in [1.29, 1.82) is 0 Å². The Labute approximate surface area is 148 Å². The van der Waals surface area contributed by atoms with Gasteiger partial charge >= 0.3 is 0 Å². The fraction of sp³-hybridized carbons (Fsp3) is 0.389. The smallest absolute Gasteiger partial charge is 0.227 e. The Balaban J connectivity index is 1.69. The molecule has 2 heterocycles. The Morgan fingerprint density at radius 1 is 1.25 bits per heavy atom. The maximum Gasteiger partial charge on any atom is 0.227 e. The summed E-state index contributed by atoms with van der Waals surface area (Å²) in [5.41, 5.74) is -0.348. The van der Waals surface area contributed by atoms with E-state index in [9.17, 15) is 15.0 Å². The van der Waals surface area contributed by atoms with E-state index in [1.54, 1.807) is 6.92 Å². The molecule has 1 aromatic heterocycles. The minimum absolute atomic E-state index is 0.286. The lowest BCUT2D eigenvalue weighted by Crippen LogP contribution is -2.42. The van der Waals surface area contributed by atoms with Gasteiger partial charge in [-0.2, -0.15) is 0 Å². The summed E-state index contributed by atoms with van der Waals surface area (Å²) >= 11 is 3.40. The van der Waals surface area contributed by atoms with E-state index in [1.807, 2.05) is 24.3 Å². The first-order valence-electron chi connectivity index (χ1n) is 7.91. The van der Waals surface area contributed by atoms with Crippen LogP contribution in [0.4, 0.5) is 0 Å². The van der Waals surface area contributed by atoms with Crippen molar-refractivity contribution in [2.45, 2.75) is 31.9 Å². The summed E-state index contributed by atoms with van der Waals surface area (Å²) in [4.78, 5) is 13.7. The van der Waals surface area contributed by atoms with Gasteiger partial charge in [0.05, 0.1) is 12.1 Å². The molecule has 1 aliphatic heterocycles. The van der Waals surface area contributed by atoms with Crippen LogP contribution in [-0.4, -0.2) is 28.2 Å². The Morgan fingerprint density at radius 3 is 2.50 bits per heavy atom. The van der Waals surface area contributed by atoms with Gasteiger partial charge in [-0.15, -0.1) is 0 Å². The van der Waals surface area contributed by atoms with Crippen molar-refractivity contribution in [1.82, 2.24) is 4.90 Å². The minimum Gasteiger partial charge on any atom is -0.502 e. The van der Waals surface area contributed by atoms with Gasteiger partial charge in [0.25, 0.3) is 0 Å². The lowest BCUT2D eigenvalue weighted by atomic mass is 9.84. The predicted octanol–water partition coefficient (Wildman–Crippen LogP) is 2.90. The van der Waals surface area contributed by atoms with Crippen LogP contribution in [-0.2, 0) is 12.1 Å². The molecule has 1 aliphatic rings. The van der Waals surface area contributed by atoms with Crippen molar-refractivity contribution in [3.8, 4) is 5.75 Å². The third-order valence-electron chi connectivity index (χ3n) is 4.55. The first kappa shape index (κ1) is 17.2. The number of benzene rings is 1. The number of piperidine rings is 1. The molecular weight excluding hydrogens is 374 g/mol. The molecule has 2 N–H and O–H groups in total. The van der Waals surface area contributed by atoms with Gasteiger partial charge in [0.15, 0.2) is 5.76 Å². The SMILES string of the molecule is Cc1cc(=O)c(O)c(CN2CCC(O)(c3ccc(Br)cc3)CC2)o1. The monoisotopic (exact) mass is 393 g/mol. The molecule has 2 aromatic rings. The molecule has 3 rings (SSSR count). The molecule has 24 heavy (non-hydrogen) atoms. The first-order valence-corrected chi connectivity index (χ1v) is 8.70. The highest BCUT2D eigenvalue weighted by Crippen LogP contribution is 2.34. The molecular formula is C18H20BrNO4. The second-order valence-electron chi connectivity index (χ2n) is 6.31. The lowest BCUT2D eigenvalue weighted by molar-refractivity contribution is -0.0292. The van der Waals surface area contributed by atoms with Crippen molar-refractivity contribution in [2.24, 2.45) is 0 Å². The number of likely N-dealkylation sites (tertiary alicyclic amines) is 1. The highest BCUT2D eigenvalue weighted by molar-refractivity contribution is 9.10. The van der Waals surface area contributed by atoms with E-state index >= 15 is 0 Å². The lowest BCUT2D eigenvalue weighted by Gasteiger charge is -2.38. The molecule has 128 valence electrons. The molecule has 0 bridgehead atoms. The van der Waals surface area contributed by atoms with Gasteiger partial charge in [0, 0.05) is 23.6 Å². The van der Waals surface area contributed by atoms with Crippen molar-refractivity contribution in [3.05, 3.63) is 62.1 Å². The fourth-order valence-electron chi connectivity index (χ4n) is 3.10. The minimum atomic E-state index is -0.841. The van der Waals surface area contributed by atoms with Gasteiger partial charge in [0.2, 0.25) is 11.2 Å². The summed E-state index contributed by atoms with van der Waals surface area (Å²) in [5, 5.41) is 20.8. The van der Waals surface area contributed by atoms with Crippen molar-refractivity contribution < 1.29 is 14.6 Å². The third-order valence-corrected chi connectivity index (χ3v) is 5.08. The van der Waals surface area contributed by atoms with E-state index in [0.29, 0.717) is 38.2 Å². The molecule has 1 saturated heterocycles. The standard InChI is InChI=1S/C18H20BrNO4/c1-12-10-15(21)17(22)16(24-12)11-20-8-6-18(23,7-9-20)13-2-4-14(19)5-3-13/h2-5,10,22-23H,6-9,11H2,1H3. The number of aromatic hydroxyl groups is 1. The molecule has 5 nitrogen and oxygen atoms in total. The van der Waals surface area contributed by atoms with Crippen LogP contribution in [0.2, 0.25) is 0 Å². The van der Waals surface area contributed by atoms with E-state index in [-0.39, 0.29) is 11.5 Å². The first-order chi connectivity index (χ1) is 11.4. The normalized spacial score (nSPS) is 17.8. The van der Waals surface area contributed by atoms with Crippen LogP contribution >= 0.6 is 15.9 Å². The summed E-state index contributed by atoms with van der Waals surface area (Å²) in [5.74, 6) is 0.444. The molecule has 0 spiro atoms. The molecule has 1 aromatic carbocycles. The van der Waals surface area contributed by atoms with Gasteiger partial charge in [0.1, 0.15) is 5.76 Å². The Kier molecular flexibility index (Phi) is 4.80. The predicted molar refractivity (Wildman–Crippen MR) is 93.9 cm³/mol. The number of hydrogen-bond donors (Lipinski definition) is 2. The zero-order valence-corrected chi connectivity index (χ0v) is 15.0. The largest absolute Gasteiger partial charge is 0.502 e. The average Bonchev–Trinajstić information content (AvgIpc) is 2.55. The van der Waals surface area contributed by atoms with Crippen LogP contribution in [0.15, 0.2) is 44.0 Å². The van der Waals surface area contributed by atoms with Crippen LogP contribution in [0.25, 0.3) is 0 Å². The van der Waals surface area contributed by atoms with Gasteiger partial charge in [-0.1, -0.05) is 28.1 Å². The molecule has 0 amide bonds. The number of hydrogen-bond acceptors (Lipinski definition) is 5. The third kappa shape index (κ3) is 3.55. The van der Waals surface area contributed by atoms with E-state index < -0.39 is 11.0 Å². The van der Waals surface area contributed by atoms with E-state index in [1.165, 1.54) is 6.07 Å². The number of halogens is 1. The van der Waals surface area contributed by atoms with Crippen molar-refractivity contribution in [2.75, 3.05) is 13.1 Å². The Morgan fingerprint density at radius 2 is 1.88 bits per heavy atom. The van der Waals surface area contributed by atoms with Crippen LogP contribution in [0.3, 0.4) is 0 Å². The highest BCUT2D eigenvalue weighted by Gasteiger charge is 2.34. The van der Waals surface area contributed by atoms with Crippen molar-refractivity contribution in [3.63, 3.8) is 0 Å². The van der Waals surface area contributed by atoms with Gasteiger partial charge in [-0.25, -0.2) is 0 Å². The summed E-state index contributed by atoms with van der Waals surface area (Å²) < 4.78 is 6.47. The molecule has 0 aliphatic carbocycles. The molecule has 1 fully saturated rings. The Bertz CT molecular complexity index is 777. The highest BCUT2D eigenvalue weighted by atomic mass is 79.9. The maximum absolute atomic E-state index is 11.6. The van der Waals surface area contributed by atoms with Crippen LogP contribution in [0.5, 0.6) is 5.75 Å². The number of rotatable bonds is 3. The fourth-order valence-corrected chi connectivity index (χ4v) is 3.37. The summed E-state index contributed by atoms with van der Waals surface area (Å²) in [7, 11) is 0. The number of aryl methyl sites for hydroxylation is 1. The maximum atomic E-state index is 11.6. The van der Waals surface area contributed by atoms with Gasteiger partial charge in [-0.3, -0.25) is 9.69 Å². The molecule has 0 atom stereocenters.